The summed E-state index contributed by atoms with van der Waals surface area (Å²) >= 11 is 1.19. The molecule has 5 nitrogen and oxygen atoms in total. The van der Waals surface area contributed by atoms with Crippen LogP contribution in [0.5, 0.6) is 0 Å². The summed E-state index contributed by atoms with van der Waals surface area (Å²) in [5.41, 5.74) is 3.10. The molecule has 0 aliphatic carbocycles. The number of hydrogen-bond donors (Lipinski definition) is 1. The summed E-state index contributed by atoms with van der Waals surface area (Å²) in [7, 11) is 1.25. The Labute approximate surface area is 196 Å². The third-order valence-corrected chi connectivity index (χ3v) is 6.13. The van der Waals surface area contributed by atoms with E-state index in [2.05, 4.69) is 19.2 Å². The molecule has 7 heteroatoms. The highest BCUT2D eigenvalue weighted by molar-refractivity contribution is 7.17. The van der Waals surface area contributed by atoms with Crippen LogP contribution < -0.4 is 5.32 Å². The lowest BCUT2D eigenvalue weighted by molar-refractivity contribution is -0.112. The fraction of sp³-hybridized carbons (Fsp3) is 0.192. The molecule has 1 N–H and O–H groups in total. The van der Waals surface area contributed by atoms with Gasteiger partial charge in [0.05, 0.1) is 7.11 Å². The molecule has 0 fully saturated rings. The third kappa shape index (κ3) is 5.36. The van der Waals surface area contributed by atoms with E-state index in [9.17, 15) is 19.2 Å². The number of aryl methyl sites for hydroxylation is 1. The number of thiophene rings is 1. The second-order valence-electron chi connectivity index (χ2n) is 7.68. The molecule has 1 heterocycles. The summed E-state index contributed by atoms with van der Waals surface area (Å²) in [6.07, 6.45) is 1.50. The maximum atomic E-state index is 13.4. The first-order valence-corrected chi connectivity index (χ1v) is 11.1. The molecule has 33 heavy (non-hydrogen) atoms. The zero-order valence-corrected chi connectivity index (χ0v) is 19.5. The number of amides is 1. The van der Waals surface area contributed by atoms with Gasteiger partial charge in [0.25, 0.3) is 5.91 Å². The van der Waals surface area contributed by atoms with Crippen LogP contribution in [0.1, 0.15) is 46.1 Å². The highest BCUT2D eigenvalue weighted by atomic mass is 32.1. The number of methoxy groups -OCH3 is 1. The smallest absolute Gasteiger partial charge is 0.341 e. The van der Waals surface area contributed by atoms with Crippen molar-refractivity contribution in [3.05, 3.63) is 81.5 Å². The summed E-state index contributed by atoms with van der Waals surface area (Å²) in [5, 5.41) is 12.5. The molecule has 0 saturated carbocycles. The summed E-state index contributed by atoms with van der Waals surface area (Å²) in [5.74, 6) is -1.30. The molecule has 168 valence electrons. The van der Waals surface area contributed by atoms with E-state index < -0.39 is 17.7 Å². The van der Waals surface area contributed by atoms with Gasteiger partial charge in [-0.05, 0) is 47.7 Å². The van der Waals surface area contributed by atoms with Gasteiger partial charge in [-0.25, -0.2) is 9.18 Å². The van der Waals surface area contributed by atoms with Gasteiger partial charge < -0.3 is 10.1 Å². The van der Waals surface area contributed by atoms with Crippen LogP contribution in [-0.4, -0.2) is 19.0 Å². The molecule has 0 aliphatic rings. The number of ether oxygens (including phenoxy) is 1. The minimum Gasteiger partial charge on any atom is -0.465 e. The number of nitrogens with one attached hydrogen (secondary N) is 1. The van der Waals surface area contributed by atoms with Crippen LogP contribution in [0.4, 0.5) is 9.39 Å². The maximum Gasteiger partial charge on any atom is 0.341 e. The molecule has 1 aromatic heterocycles. The first-order valence-electron chi connectivity index (χ1n) is 10.3. The Morgan fingerprint density at radius 1 is 1.12 bits per heavy atom. The van der Waals surface area contributed by atoms with Crippen LogP contribution in [0, 0.1) is 24.1 Å². The molecule has 0 aliphatic heterocycles. The summed E-state index contributed by atoms with van der Waals surface area (Å²) < 4.78 is 18.3. The van der Waals surface area contributed by atoms with Gasteiger partial charge in [0.15, 0.2) is 0 Å². The van der Waals surface area contributed by atoms with Crippen molar-refractivity contribution in [1.82, 2.24) is 0 Å². The number of esters is 1. The van der Waals surface area contributed by atoms with Gasteiger partial charge in [-0.15, -0.1) is 11.3 Å². The van der Waals surface area contributed by atoms with Gasteiger partial charge >= 0.3 is 5.97 Å². The van der Waals surface area contributed by atoms with E-state index in [0.717, 1.165) is 10.4 Å². The molecule has 0 bridgehead atoms. The fourth-order valence-corrected chi connectivity index (χ4v) is 4.42. The second-order valence-corrected chi connectivity index (χ2v) is 8.91. The highest BCUT2D eigenvalue weighted by Gasteiger charge is 2.26. The van der Waals surface area contributed by atoms with Crippen LogP contribution >= 0.6 is 11.3 Å². The number of benzene rings is 2. The average molecular weight is 463 g/mol. The first kappa shape index (κ1) is 23.9. The Morgan fingerprint density at radius 3 is 2.30 bits per heavy atom. The number of hydrogen-bond acceptors (Lipinski definition) is 5. The Balaban J connectivity index is 1.96. The number of rotatable bonds is 6. The maximum absolute atomic E-state index is 13.4. The lowest BCUT2D eigenvalue weighted by Crippen LogP contribution is -2.15. The molecule has 0 spiro atoms. The first-order chi connectivity index (χ1) is 15.7. The lowest BCUT2D eigenvalue weighted by atomic mass is 10.0. The topological polar surface area (TPSA) is 79.2 Å². The molecule has 0 saturated heterocycles. The molecule has 2 aromatic carbocycles. The molecule has 0 radical (unpaired) electrons. The lowest BCUT2D eigenvalue weighted by Gasteiger charge is -2.08. The summed E-state index contributed by atoms with van der Waals surface area (Å²) in [4.78, 5) is 26.2. The monoisotopic (exact) mass is 462 g/mol. The van der Waals surface area contributed by atoms with Gasteiger partial charge in [-0.1, -0.05) is 50.2 Å². The van der Waals surface area contributed by atoms with Gasteiger partial charge in [0.1, 0.15) is 28.0 Å². The number of carbonyl (C=O) groups is 2. The molecule has 0 unspecified atom stereocenters. The Morgan fingerprint density at radius 2 is 1.76 bits per heavy atom. The predicted molar refractivity (Wildman–Crippen MR) is 129 cm³/mol. The van der Waals surface area contributed by atoms with E-state index in [1.807, 2.05) is 30.3 Å². The van der Waals surface area contributed by atoms with E-state index in [1.54, 1.807) is 19.1 Å². The van der Waals surface area contributed by atoms with E-state index in [-0.39, 0.29) is 16.1 Å². The molecule has 3 aromatic rings. The van der Waals surface area contributed by atoms with E-state index >= 15 is 0 Å². The minimum absolute atomic E-state index is 0.0995. The number of nitriles is 1. The molecule has 1 amide bonds. The molecule has 0 atom stereocenters. The number of carbonyl (C=O) groups excluding carboxylic acids is 2. The third-order valence-electron chi connectivity index (χ3n) is 5.11. The Bertz CT molecular complexity index is 1250. The van der Waals surface area contributed by atoms with Crippen molar-refractivity contribution in [2.75, 3.05) is 12.4 Å². The van der Waals surface area contributed by atoms with E-state index in [1.165, 1.54) is 36.7 Å². The van der Waals surface area contributed by atoms with Gasteiger partial charge in [0, 0.05) is 10.4 Å². The molecular weight excluding hydrogens is 439 g/mol. The highest BCUT2D eigenvalue weighted by Crippen LogP contribution is 2.40. The van der Waals surface area contributed by atoms with Gasteiger partial charge in [-0.2, -0.15) is 5.26 Å². The van der Waals surface area contributed by atoms with Crippen molar-refractivity contribution in [3.8, 4) is 17.2 Å². The number of nitrogens with zero attached hydrogens (tertiary/aromatic N) is 1. The molecular formula is C26H23FN2O3S. The number of halogens is 1. The summed E-state index contributed by atoms with van der Waals surface area (Å²) in [6, 6.07) is 15.2. The largest absolute Gasteiger partial charge is 0.465 e. The van der Waals surface area contributed by atoms with Crippen LogP contribution in [0.3, 0.4) is 0 Å². The van der Waals surface area contributed by atoms with Crippen molar-refractivity contribution in [3.63, 3.8) is 0 Å². The van der Waals surface area contributed by atoms with Crippen LogP contribution in [0.25, 0.3) is 17.2 Å². The van der Waals surface area contributed by atoms with Crippen molar-refractivity contribution in [2.24, 2.45) is 0 Å². The summed E-state index contributed by atoms with van der Waals surface area (Å²) in [6.45, 7) is 5.96. The van der Waals surface area contributed by atoms with Crippen LogP contribution in [0.15, 0.2) is 54.1 Å². The van der Waals surface area contributed by atoms with Crippen molar-refractivity contribution >= 4 is 34.3 Å². The standard InChI is InChI=1S/C26H23FN2O3S/c1-15(2)18-7-5-17(6-8-18)13-20(14-28)24(30)29-25-23(26(31)32-4)22(16(3)33-25)19-9-11-21(27)12-10-19/h5-13,15H,1-4H3,(H,29,30)/b20-13+. The SMILES string of the molecule is COC(=O)c1c(NC(=O)/C(C#N)=C/c2ccc(C(C)C)cc2)sc(C)c1-c1ccc(F)cc1. The zero-order chi connectivity index (χ0) is 24.1. The molecule has 3 rings (SSSR count). The van der Waals surface area contributed by atoms with Crippen LogP contribution in [-0.2, 0) is 9.53 Å². The average Bonchev–Trinajstić information content (AvgIpc) is 3.13. The quantitative estimate of drug-likeness (QED) is 0.264. The van der Waals surface area contributed by atoms with Crippen molar-refractivity contribution in [2.45, 2.75) is 26.7 Å². The van der Waals surface area contributed by atoms with Crippen LogP contribution in [0.2, 0.25) is 0 Å². The Hall–Kier alpha value is -3.76. The zero-order valence-electron chi connectivity index (χ0n) is 18.7. The Kier molecular flexibility index (Phi) is 7.41. The van der Waals surface area contributed by atoms with E-state index in [0.29, 0.717) is 22.6 Å². The van der Waals surface area contributed by atoms with E-state index in [4.69, 9.17) is 4.74 Å². The minimum atomic E-state index is -0.638. The normalized spacial score (nSPS) is 11.2. The van der Waals surface area contributed by atoms with Gasteiger partial charge in [0.2, 0.25) is 0 Å². The number of anilines is 1. The predicted octanol–water partition coefficient (Wildman–Crippen LogP) is 6.32. The van der Waals surface area contributed by atoms with Crippen molar-refractivity contribution in [1.29, 1.82) is 5.26 Å². The fourth-order valence-electron chi connectivity index (χ4n) is 3.36. The second kappa shape index (κ2) is 10.2. The van der Waals surface area contributed by atoms with Gasteiger partial charge in [-0.3, -0.25) is 4.79 Å². The van der Waals surface area contributed by atoms with Crippen molar-refractivity contribution < 1.29 is 18.7 Å².